The molecule has 1 saturated carbocycles. The maximum atomic E-state index is 12.3. The van der Waals surface area contributed by atoms with E-state index in [0.717, 1.165) is 23.6 Å². The van der Waals surface area contributed by atoms with Crippen molar-refractivity contribution in [1.82, 2.24) is 4.90 Å². The van der Waals surface area contributed by atoms with Crippen LogP contribution in [-0.4, -0.2) is 30.3 Å². The van der Waals surface area contributed by atoms with Gasteiger partial charge in [-0.15, -0.1) is 0 Å². The van der Waals surface area contributed by atoms with E-state index in [0.29, 0.717) is 12.5 Å². The minimum atomic E-state index is 0.280. The number of carbonyl (C=O) groups is 1. The van der Waals surface area contributed by atoms with Crippen molar-refractivity contribution in [3.63, 3.8) is 0 Å². The molecule has 2 rings (SSSR count). The summed E-state index contributed by atoms with van der Waals surface area (Å²) in [5.74, 6) is 1.21. The molecule has 0 bridgehead atoms. The first-order chi connectivity index (χ1) is 10.1. The summed E-state index contributed by atoms with van der Waals surface area (Å²) in [6.07, 6.45) is 7.27. The van der Waals surface area contributed by atoms with E-state index in [4.69, 9.17) is 0 Å². The minimum absolute atomic E-state index is 0.280. The normalized spacial score (nSPS) is 22.5. The molecule has 0 radical (unpaired) electrons. The summed E-state index contributed by atoms with van der Waals surface area (Å²) in [6.45, 7) is 5.20. The fraction of sp³-hybridized carbons (Fsp3) is 0.632. The van der Waals surface area contributed by atoms with Gasteiger partial charge in [0.2, 0.25) is 0 Å². The zero-order chi connectivity index (χ0) is 15.2. The molecular formula is C19H29NO. The number of benzene rings is 1. The Morgan fingerprint density at radius 1 is 1.19 bits per heavy atom. The Bertz CT molecular complexity index is 460. The Labute approximate surface area is 129 Å². The Morgan fingerprint density at radius 2 is 1.86 bits per heavy atom. The summed E-state index contributed by atoms with van der Waals surface area (Å²) in [6, 6.07) is 8.59. The van der Waals surface area contributed by atoms with Crippen LogP contribution in [0.2, 0.25) is 0 Å². The first-order valence-electron chi connectivity index (χ1n) is 8.41. The van der Waals surface area contributed by atoms with Crippen molar-refractivity contribution in [2.24, 2.45) is 5.92 Å². The summed E-state index contributed by atoms with van der Waals surface area (Å²) < 4.78 is 0. The van der Waals surface area contributed by atoms with Gasteiger partial charge in [0.25, 0.3) is 0 Å². The van der Waals surface area contributed by atoms with Crippen molar-refractivity contribution in [3.8, 4) is 0 Å². The van der Waals surface area contributed by atoms with Crippen LogP contribution in [0.5, 0.6) is 0 Å². The molecule has 0 heterocycles. The molecule has 116 valence electrons. The van der Waals surface area contributed by atoms with E-state index in [1.54, 1.807) is 0 Å². The van der Waals surface area contributed by atoms with Gasteiger partial charge >= 0.3 is 0 Å². The van der Waals surface area contributed by atoms with E-state index in [1.165, 1.54) is 32.1 Å². The topological polar surface area (TPSA) is 20.3 Å². The number of aryl methyl sites for hydroxylation is 1. The minimum Gasteiger partial charge on any atom is -0.303 e. The van der Waals surface area contributed by atoms with Crippen LogP contribution in [0, 0.1) is 12.8 Å². The standard InChI is InChI=1S/C19H29NO/c1-4-16-9-11-17(12-10-16)20(3)14-13-19(21)18-8-6-5-7-15(18)2/h5-8,16-17H,4,9-14H2,1-3H3. The third-order valence-electron chi connectivity index (χ3n) is 5.15. The van der Waals surface area contributed by atoms with Crippen LogP contribution in [0.25, 0.3) is 0 Å². The van der Waals surface area contributed by atoms with Gasteiger partial charge in [0.1, 0.15) is 0 Å². The lowest BCUT2D eigenvalue weighted by Crippen LogP contribution is -2.36. The van der Waals surface area contributed by atoms with Crippen LogP contribution in [-0.2, 0) is 0 Å². The van der Waals surface area contributed by atoms with E-state index < -0.39 is 0 Å². The summed E-state index contributed by atoms with van der Waals surface area (Å²) >= 11 is 0. The van der Waals surface area contributed by atoms with Crippen molar-refractivity contribution in [2.75, 3.05) is 13.6 Å². The average Bonchev–Trinajstić information content (AvgIpc) is 2.52. The number of nitrogens with zero attached hydrogens (tertiary/aromatic N) is 1. The van der Waals surface area contributed by atoms with E-state index in [9.17, 15) is 4.79 Å². The summed E-state index contributed by atoms with van der Waals surface area (Å²) in [7, 11) is 2.18. The van der Waals surface area contributed by atoms with Gasteiger partial charge in [-0.05, 0) is 51.1 Å². The van der Waals surface area contributed by atoms with Gasteiger partial charge in [0, 0.05) is 24.6 Å². The van der Waals surface area contributed by atoms with Crippen LogP contribution in [0.3, 0.4) is 0 Å². The quantitative estimate of drug-likeness (QED) is 0.720. The van der Waals surface area contributed by atoms with Gasteiger partial charge in [-0.1, -0.05) is 37.6 Å². The monoisotopic (exact) mass is 287 g/mol. The van der Waals surface area contributed by atoms with Crippen LogP contribution in [0.4, 0.5) is 0 Å². The second-order valence-electron chi connectivity index (χ2n) is 6.55. The van der Waals surface area contributed by atoms with Crippen LogP contribution >= 0.6 is 0 Å². The molecule has 2 heteroatoms. The van der Waals surface area contributed by atoms with Crippen LogP contribution in [0.15, 0.2) is 24.3 Å². The third-order valence-corrected chi connectivity index (χ3v) is 5.15. The number of carbonyl (C=O) groups excluding carboxylic acids is 1. The Morgan fingerprint density at radius 3 is 2.48 bits per heavy atom. The highest BCUT2D eigenvalue weighted by molar-refractivity contribution is 5.97. The molecule has 1 aliphatic rings. The number of ketones is 1. The highest BCUT2D eigenvalue weighted by Crippen LogP contribution is 2.29. The SMILES string of the molecule is CCC1CCC(N(C)CCC(=O)c2ccccc2C)CC1. The molecule has 0 aromatic heterocycles. The Hall–Kier alpha value is -1.15. The molecule has 21 heavy (non-hydrogen) atoms. The van der Waals surface area contributed by atoms with Crippen molar-refractivity contribution in [3.05, 3.63) is 35.4 Å². The second kappa shape index (κ2) is 7.74. The first kappa shape index (κ1) is 16.2. The molecule has 0 saturated heterocycles. The molecule has 2 nitrogen and oxygen atoms in total. The van der Waals surface area contributed by atoms with Gasteiger partial charge in [0.05, 0.1) is 0 Å². The van der Waals surface area contributed by atoms with Crippen LogP contribution < -0.4 is 0 Å². The Kier molecular flexibility index (Phi) is 5.98. The molecule has 0 atom stereocenters. The highest BCUT2D eigenvalue weighted by Gasteiger charge is 2.23. The average molecular weight is 287 g/mol. The molecule has 0 N–H and O–H groups in total. The van der Waals surface area contributed by atoms with Gasteiger partial charge in [0.15, 0.2) is 5.78 Å². The van der Waals surface area contributed by atoms with Crippen molar-refractivity contribution in [2.45, 2.75) is 58.4 Å². The second-order valence-corrected chi connectivity index (χ2v) is 6.55. The molecule has 0 amide bonds. The maximum Gasteiger partial charge on any atom is 0.164 e. The van der Waals surface area contributed by atoms with Crippen molar-refractivity contribution >= 4 is 5.78 Å². The number of rotatable bonds is 6. The summed E-state index contributed by atoms with van der Waals surface area (Å²) in [5.41, 5.74) is 1.98. The lowest BCUT2D eigenvalue weighted by atomic mass is 9.84. The van der Waals surface area contributed by atoms with Gasteiger partial charge in [-0.25, -0.2) is 0 Å². The van der Waals surface area contributed by atoms with Crippen LogP contribution in [0.1, 0.15) is 61.4 Å². The maximum absolute atomic E-state index is 12.3. The fourth-order valence-corrected chi connectivity index (χ4v) is 3.47. The zero-order valence-corrected chi connectivity index (χ0v) is 13.8. The van der Waals surface area contributed by atoms with Gasteiger partial charge < -0.3 is 4.90 Å². The number of hydrogen-bond donors (Lipinski definition) is 0. The van der Waals surface area contributed by atoms with E-state index in [1.807, 2.05) is 31.2 Å². The van der Waals surface area contributed by atoms with Crippen molar-refractivity contribution in [1.29, 1.82) is 0 Å². The van der Waals surface area contributed by atoms with Gasteiger partial charge in [-0.3, -0.25) is 4.79 Å². The third kappa shape index (κ3) is 4.41. The van der Waals surface area contributed by atoms with E-state index in [2.05, 4.69) is 18.9 Å². The molecule has 0 aliphatic heterocycles. The fourth-order valence-electron chi connectivity index (χ4n) is 3.47. The molecule has 1 fully saturated rings. The molecule has 1 aromatic rings. The largest absolute Gasteiger partial charge is 0.303 e. The lowest BCUT2D eigenvalue weighted by Gasteiger charge is -2.34. The Balaban J connectivity index is 1.80. The van der Waals surface area contributed by atoms with E-state index in [-0.39, 0.29) is 5.78 Å². The predicted octanol–water partition coefficient (Wildman–Crippen LogP) is 4.47. The first-order valence-corrected chi connectivity index (χ1v) is 8.41. The lowest BCUT2D eigenvalue weighted by molar-refractivity contribution is 0.0945. The summed E-state index contributed by atoms with van der Waals surface area (Å²) in [4.78, 5) is 14.7. The molecule has 0 unspecified atom stereocenters. The molecule has 0 spiro atoms. The number of hydrogen-bond acceptors (Lipinski definition) is 2. The number of Topliss-reactive ketones (excluding diaryl/α,β-unsaturated/α-hetero) is 1. The highest BCUT2D eigenvalue weighted by atomic mass is 16.1. The smallest absolute Gasteiger partial charge is 0.164 e. The molecule has 1 aromatic carbocycles. The van der Waals surface area contributed by atoms with Gasteiger partial charge in [-0.2, -0.15) is 0 Å². The van der Waals surface area contributed by atoms with E-state index >= 15 is 0 Å². The van der Waals surface area contributed by atoms with Crippen molar-refractivity contribution < 1.29 is 4.79 Å². The summed E-state index contributed by atoms with van der Waals surface area (Å²) in [5, 5.41) is 0. The molecular weight excluding hydrogens is 258 g/mol. The predicted molar refractivity (Wildman–Crippen MR) is 88.8 cm³/mol. The molecule has 1 aliphatic carbocycles. The zero-order valence-electron chi connectivity index (χ0n) is 13.8.